The van der Waals surface area contributed by atoms with E-state index in [4.69, 9.17) is 4.74 Å². The molecule has 2 rings (SSSR count). The Bertz CT molecular complexity index is 459. The summed E-state index contributed by atoms with van der Waals surface area (Å²) in [5.41, 5.74) is 4.31. The van der Waals surface area contributed by atoms with E-state index < -0.39 is 0 Å². The molecule has 0 bridgehead atoms. The number of hydrogen-bond donors (Lipinski definition) is 1. The van der Waals surface area contributed by atoms with E-state index in [0.717, 1.165) is 18.6 Å². The van der Waals surface area contributed by atoms with E-state index in [1.807, 2.05) is 6.07 Å². The minimum atomic E-state index is -0.185. The molecule has 0 radical (unpaired) electrons. The zero-order chi connectivity index (χ0) is 13.5. The van der Waals surface area contributed by atoms with Crippen molar-refractivity contribution in [2.24, 2.45) is 5.10 Å². The van der Waals surface area contributed by atoms with Gasteiger partial charge in [0.15, 0.2) is 0 Å². The minimum Gasteiger partial charge on any atom is -0.497 e. The molecule has 4 nitrogen and oxygen atoms in total. The zero-order valence-electron chi connectivity index (χ0n) is 11.3. The molecule has 0 spiro atoms. The molecular weight excluding hydrogens is 240 g/mol. The number of nitrogens with one attached hydrogen (secondary N) is 1. The summed E-state index contributed by atoms with van der Waals surface area (Å²) in [7, 11) is 1.59. The highest BCUT2D eigenvalue weighted by Gasteiger charge is 2.08. The lowest BCUT2D eigenvalue weighted by Gasteiger charge is -2.05. The van der Waals surface area contributed by atoms with Gasteiger partial charge in [0, 0.05) is 11.3 Å². The van der Waals surface area contributed by atoms with Crippen LogP contribution in [0.25, 0.3) is 0 Å². The normalized spacial score (nSPS) is 15.5. The monoisotopic (exact) mass is 260 g/mol. The lowest BCUT2D eigenvalue weighted by molar-refractivity contribution is 0.0954. The summed E-state index contributed by atoms with van der Waals surface area (Å²) in [5, 5.41) is 4.25. The molecule has 0 aliphatic heterocycles. The van der Waals surface area contributed by atoms with Gasteiger partial charge in [-0.2, -0.15) is 5.10 Å². The van der Waals surface area contributed by atoms with Gasteiger partial charge in [-0.15, -0.1) is 0 Å². The largest absolute Gasteiger partial charge is 0.497 e. The molecule has 0 atom stereocenters. The summed E-state index contributed by atoms with van der Waals surface area (Å²) in [6.07, 6.45) is 6.88. The van der Waals surface area contributed by atoms with Crippen molar-refractivity contribution in [2.75, 3.05) is 7.11 Å². The molecule has 102 valence electrons. The lowest BCUT2D eigenvalue weighted by Crippen LogP contribution is -2.19. The molecule has 0 unspecified atom stereocenters. The van der Waals surface area contributed by atoms with Crippen molar-refractivity contribution in [2.45, 2.75) is 38.5 Å². The van der Waals surface area contributed by atoms with E-state index >= 15 is 0 Å². The zero-order valence-corrected chi connectivity index (χ0v) is 11.3. The van der Waals surface area contributed by atoms with E-state index in [1.54, 1.807) is 25.3 Å². The molecule has 0 saturated heterocycles. The molecule has 0 heterocycles. The molecule has 19 heavy (non-hydrogen) atoms. The fourth-order valence-electron chi connectivity index (χ4n) is 2.21. The molecule has 1 fully saturated rings. The molecule has 0 aromatic heterocycles. The summed E-state index contributed by atoms with van der Waals surface area (Å²) in [6.45, 7) is 0. The topological polar surface area (TPSA) is 50.7 Å². The van der Waals surface area contributed by atoms with E-state index in [0.29, 0.717) is 11.3 Å². The number of nitrogens with zero attached hydrogens (tertiary/aromatic N) is 1. The van der Waals surface area contributed by atoms with Crippen molar-refractivity contribution in [1.82, 2.24) is 5.43 Å². The average Bonchev–Trinajstić information content (AvgIpc) is 2.73. The van der Waals surface area contributed by atoms with Crippen LogP contribution in [0.5, 0.6) is 5.75 Å². The van der Waals surface area contributed by atoms with Crippen LogP contribution in [0.1, 0.15) is 48.9 Å². The number of rotatable bonds is 3. The fourth-order valence-corrected chi connectivity index (χ4v) is 2.21. The number of ether oxygens (including phenoxy) is 1. The van der Waals surface area contributed by atoms with Gasteiger partial charge in [-0.3, -0.25) is 4.79 Å². The van der Waals surface area contributed by atoms with Crippen molar-refractivity contribution >= 4 is 11.6 Å². The van der Waals surface area contributed by atoms with Crippen molar-refractivity contribution in [3.63, 3.8) is 0 Å². The van der Waals surface area contributed by atoms with Crippen LogP contribution in [0.15, 0.2) is 29.4 Å². The Balaban J connectivity index is 1.97. The molecule has 1 aromatic carbocycles. The van der Waals surface area contributed by atoms with Crippen molar-refractivity contribution in [3.05, 3.63) is 29.8 Å². The number of carbonyl (C=O) groups is 1. The third-order valence-electron chi connectivity index (χ3n) is 3.33. The summed E-state index contributed by atoms with van der Waals surface area (Å²) < 4.78 is 5.10. The Morgan fingerprint density at radius 1 is 1.21 bits per heavy atom. The summed E-state index contributed by atoms with van der Waals surface area (Å²) in [6, 6.07) is 7.08. The van der Waals surface area contributed by atoms with Gasteiger partial charge in [-0.1, -0.05) is 18.9 Å². The van der Waals surface area contributed by atoms with Gasteiger partial charge in [0.2, 0.25) is 0 Å². The van der Waals surface area contributed by atoms with E-state index in [9.17, 15) is 4.79 Å². The van der Waals surface area contributed by atoms with Gasteiger partial charge in [0.1, 0.15) is 5.75 Å². The van der Waals surface area contributed by atoms with Crippen molar-refractivity contribution in [3.8, 4) is 5.75 Å². The summed E-state index contributed by atoms with van der Waals surface area (Å²) in [5.74, 6) is 0.491. The van der Waals surface area contributed by atoms with Gasteiger partial charge in [0.25, 0.3) is 5.91 Å². The van der Waals surface area contributed by atoms with Crippen LogP contribution in [0.2, 0.25) is 0 Å². The first-order valence-corrected chi connectivity index (χ1v) is 6.79. The van der Waals surface area contributed by atoms with Gasteiger partial charge in [0.05, 0.1) is 7.11 Å². The second kappa shape index (κ2) is 6.92. The maximum atomic E-state index is 12.0. The first kappa shape index (κ1) is 13.6. The summed E-state index contributed by atoms with van der Waals surface area (Å²) >= 11 is 0. The number of benzene rings is 1. The highest BCUT2D eigenvalue weighted by atomic mass is 16.5. The lowest BCUT2D eigenvalue weighted by atomic mass is 10.2. The van der Waals surface area contributed by atoms with Gasteiger partial charge in [-0.05, 0) is 43.9 Å². The number of methoxy groups -OCH3 is 1. The van der Waals surface area contributed by atoms with Gasteiger partial charge >= 0.3 is 0 Å². The second-order valence-corrected chi connectivity index (χ2v) is 4.77. The van der Waals surface area contributed by atoms with Crippen molar-refractivity contribution in [1.29, 1.82) is 0 Å². The predicted octanol–water partition coefficient (Wildman–Crippen LogP) is 3.14. The smallest absolute Gasteiger partial charge is 0.271 e. The molecule has 1 N–H and O–H groups in total. The molecule has 1 amide bonds. The van der Waals surface area contributed by atoms with Crippen LogP contribution in [-0.2, 0) is 0 Å². The Morgan fingerprint density at radius 3 is 2.63 bits per heavy atom. The number of carbonyl (C=O) groups excluding carboxylic acids is 1. The van der Waals surface area contributed by atoms with Crippen molar-refractivity contribution < 1.29 is 9.53 Å². The Kier molecular flexibility index (Phi) is 4.95. The third-order valence-corrected chi connectivity index (χ3v) is 3.33. The quantitative estimate of drug-likeness (QED) is 0.670. The third kappa shape index (κ3) is 4.09. The number of hydrazone groups is 1. The number of hydrogen-bond acceptors (Lipinski definition) is 3. The Hall–Kier alpha value is -1.84. The maximum Gasteiger partial charge on any atom is 0.271 e. The van der Waals surface area contributed by atoms with Crippen LogP contribution in [0.4, 0.5) is 0 Å². The number of amides is 1. The molecule has 1 aromatic rings. The second-order valence-electron chi connectivity index (χ2n) is 4.77. The van der Waals surface area contributed by atoms with Crippen LogP contribution in [0, 0.1) is 0 Å². The summed E-state index contributed by atoms with van der Waals surface area (Å²) in [4.78, 5) is 12.0. The highest BCUT2D eigenvalue weighted by Crippen LogP contribution is 2.15. The van der Waals surface area contributed by atoms with Gasteiger partial charge < -0.3 is 4.74 Å². The Morgan fingerprint density at radius 2 is 1.95 bits per heavy atom. The average molecular weight is 260 g/mol. The van der Waals surface area contributed by atoms with E-state index in [1.165, 1.54) is 25.7 Å². The maximum absolute atomic E-state index is 12.0. The molecule has 1 aliphatic rings. The molecular formula is C15H20N2O2. The SMILES string of the molecule is COc1cccc(C(=O)NN=C2CCCCCC2)c1. The predicted molar refractivity (Wildman–Crippen MR) is 75.6 cm³/mol. The van der Waals surface area contributed by atoms with Crippen LogP contribution < -0.4 is 10.2 Å². The van der Waals surface area contributed by atoms with Gasteiger partial charge in [-0.25, -0.2) is 5.43 Å². The van der Waals surface area contributed by atoms with Crippen LogP contribution >= 0.6 is 0 Å². The standard InChI is InChI=1S/C15H20N2O2/c1-19-14-10-6-7-12(11-14)15(18)17-16-13-8-4-2-3-5-9-13/h6-7,10-11H,2-5,8-9H2,1H3,(H,17,18). The Labute approximate surface area is 113 Å². The molecule has 4 heteroatoms. The van der Waals surface area contributed by atoms with E-state index in [-0.39, 0.29) is 5.91 Å². The van der Waals surface area contributed by atoms with Crippen LogP contribution in [-0.4, -0.2) is 18.7 Å². The van der Waals surface area contributed by atoms with E-state index in [2.05, 4.69) is 10.5 Å². The minimum absolute atomic E-state index is 0.185. The first-order valence-electron chi connectivity index (χ1n) is 6.79. The highest BCUT2D eigenvalue weighted by molar-refractivity contribution is 5.95. The first-order chi connectivity index (χ1) is 9.29. The molecule has 1 saturated carbocycles. The van der Waals surface area contributed by atoms with Crippen LogP contribution in [0.3, 0.4) is 0 Å². The molecule has 1 aliphatic carbocycles. The fraction of sp³-hybridized carbons (Fsp3) is 0.467.